The third-order valence-electron chi connectivity index (χ3n) is 2.25. The van der Waals surface area contributed by atoms with Crippen molar-refractivity contribution >= 4 is 23.5 Å². The number of aliphatic hydroxyl groups is 1. The number of amides is 1. The molecule has 4 nitrogen and oxygen atoms in total. The van der Waals surface area contributed by atoms with Gasteiger partial charge in [-0.05, 0) is 17.7 Å². The van der Waals surface area contributed by atoms with Crippen molar-refractivity contribution in [3.05, 3.63) is 23.9 Å². The van der Waals surface area contributed by atoms with Crippen LogP contribution in [-0.2, 0) is 10.5 Å². The Hall–Kier alpha value is -1.07. The molecule has 0 saturated heterocycles. The molecule has 1 amide bonds. The monoisotopic (exact) mass is 268 g/mol. The minimum atomic E-state index is -0.427. The molecule has 2 N–H and O–H groups in total. The fraction of sp³-hybridized carbons (Fsp3) is 0.538. The normalized spacial score (nSPS) is 11.3. The Morgan fingerprint density at radius 1 is 1.50 bits per heavy atom. The predicted molar refractivity (Wildman–Crippen MR) is 75.6 cm³/mol. The molecule has 1 rings (SSSR count). The number of carbonyl (C=O) groups excluding carboxylic acids is 1. The van der Waals surface area contributed by atoms with Gasteiger partial charge in [0, 0.05) is 23.1 Å². The molecule has 0 saturated carbocycles. The van der Waals surface area contributed by atoms with Crippen LogP contribution in [0.25, 0.3) is 0 Å². The van der Waals surface area contributed by atoms with E-state index in [2.05, 4.69) is 10.3 Å². The minimum absolute atomic E-state index is 0.0461. The molecule has 0 aliphatic heterocycles. The fourth-order valence-electron chi connectivity index (χ4n) is 1.19. The second-order valence-corrected chi connectivity index (χ2v) is 6.13. The second kappa shape index (κ2) is 6.75. The van der Waals surface area contributed by atoms with Gasteiger partial charge in [-0.3, -0.25) is 4.79 Å². The van der Waals surface area contributed by atoms with Crippen LogP contribution in [0.4, 0.5) is 5.82 Å². The van der Waals surface area contributed by atoms with Crippen molar-refractivity contribution in [1.29, 1.82) is 0 Å². The molecule has 1 aromatic rings. The molecular formula is C13H20N2O2S. The number of nitrogens with zero attached hydrogens (tertiary/aromatic N) is 1. The van der Waals surface area contributed by atoms with Crippen LogP contribution in [0.5, 0.6) is 0 Å². The lowest BCUT2D eigenvalue weighted by atomic mass is 9.96. The van der Waals surface area contributed by atoms with Crippen LogP contribution in [0.3, 0.4) is 0 Å². The van der Waals surface area contributed by atoms with Crippen molar-refractivity contribution in [3.63, 3.8) is 0 Å². The van der Waals surface area contributed by atoms with Crippen LogP contribution < -0.4 is 5.32 Å². The van der Waals surface area contributed by atoms with Gasteiger partial charge in [-0.15, -0.1) is 0 Å². The van der Waals surface area contributed by atoms with E-state index in [-0.39, 0.29) is 12.5 Å². The molecule has 0 atom stereocenters. The van der Waals surface area contributed by atoms with E-state index in [0.29, 0.717) is 11.6 Å². The van der Waals surface area contributed by atoms with Crippen molar-refractivity contribution in [2.24, 2.45) is 5.41 Å². The second-order valence-electron chi connectivity index (χ2n) is 5.03. The van der Waals surface area contributed by atoms with Gasteiger partial charge >= 0.3 is 0 Å². The maximum atomic E-state index is 11.8. The number of rotatable bonds is 5. The number of pyridine rings is 1. The summed E-state index contributed by atoms with van der Waals surface area (Å²) >= 11 is 1.65. The summed E-state index contributed by atoms with van der Waals surface area (Å²) in [5.41, 5.74) is 0.663. The van der Waals surface area contributed by atoms with E-state index in [1.807, 2.05) is 32.9 Å². The van der Waals surface area contributed by atoms with E-state index >= 15 is 0 Å². The molecule has 0 fully saturated rings. The minimum Gasteiger partial charge on any atom is -0.396 e. The lowest BCUT2D eigenvalue weighted by Crippen LogP contribution is -2.28. The Balaban J connectivity index is 2.62. The van der Waals surface area contributed by atoms with Crippen molar-refractivity contribution in [2.75, 3.05) is 17.7 Å². The average Bonchev–Trinajstić information content (AvgIpc) is 2.28. The lowest BCUT2D eigenvalue weighted by molar-refractivity contribution is -0.123. The van der Waals surface area contributed by atoms with Crippen LogP contribution in [0.1, 0.15) is 26.3 Å². The first-order valence-corrected chi connectivity index (χ1v) is 7.04. The summed E-state index contributed by atoms with van der Waals surface area (Å²) in [5.74, 6) is 2.06. The van der Waals surface area contributed by atoms with Gasteiger partial charge in [0.2, 0.25) is 5.91 Å². The maximum Gasteiger partial charge on any atom is 0.230 e. The van der Waals surface area contributed by atoms with Crippen molar-refractivity contribution in [2.45, 2.75) is 26.5 Å². The number of aliphatic hydroxyl groups excluding tert-OH is 1. The molecule has 100 valence electrons. The van der Waals surface area contributed by atoms with Crippen LogP contribution in [0.2, 0.25) is 0 Å². The highest BCUT2D eigenvalue weighted by molar-refractivity contribution is 7.98. The SMILES string of the molecule is CC(C)(C)C(=O)Nc1cc(CSCCO)ccn1. The average molecular weight is 268 g/mol. The number of hydrogen-bond donors (Lipinski definition) is 2. The number of thioether (sulfide) groups is 1. The summed E-state index contributed by atoms with van der Waals surface area (Å²) < 4.78 is 0. The highest BCUT2D eigenvalue weighted by Gasteiger charge is 2.21. The van der Waals surface area contributed by atoms with Crippen molar-refractivity contribution in [3.8, 4) is 0 Å². The molecule has 0 aliphatic rings. The Morgan fingerprint density at radius 3 is 2.83 bits per heavy atom. The Bertz CT molecular complexity index is 402. The smallest absolute Gasteiger partial charge is 0.230 e. The zero-order chi connectivity index (χ0) is 13.6. The summed E-state index contributed by atoms with van der Waals surface area (Å²) in [5, 5.41) is 11.5. The largest absolute Gasteiger partial charge is 0.396 e. The first-order chi connectivity index (χ1) is 8.43. The first kappa shape index (κ1) is 15.0. The fourth-order valence-corrected chi connectivity index (χ4v) is 1.88. The highest BCUT2D eigenvalue weighted by atomic mass is 32.2. The number of nitrogens with one attached hydrogen (secondary N) is 1. The summed E-state index contributed by atoms with van der Waals surface area (Å²) in [6.07, 6.45) is 1.69. The molecule has 0 bridgehead atoms. The summed E-state index contributed by atoms with van der Waals surface area (Å²) in [7, 11) is 0. The van der Waals surface area contributed by atoms with Crippen molar-refractivity contribution in [1.82, 2.24) is 4.98 Å². The van der Waals surface area contributed by atoms with Crippen LogP contribution >= 0.6 is 11.8 Å². The molecule has 0 aromatic carbocycles. The van der Waals surface area contributed by atoms with Gasteiger partial charge in [-0.2, -0.15) is 11.8 Å². The topological polar surface area (TPSA) is 62.2 Å². The summed E-state index contributed by atoms with van der Waals surface area (Å²) in [6, 6.07) is 3.78. The predicted octanol–water partition coefficient (Wildman–Crippen LogP) is 2.29. The zero-order valence-electron chi connectivity index (χ0n) is 11.1. The Morgan fingerprint density at radius 2 is 2.22 bits per heavy atom. The maximum absolute atomic E-state index is 11.8. The zero-order valence-corrected chi connectivity index (χ0v) is 11.9. The van der Waals surface area contributed by atoms with Gasteiger partial charge in [0.05, 0.1) is 6.61 Å². The van der Waals surface area contributed by atoms with Crippen LogP contribution in [0.15, 0.2) is 18.3 Å². The van der Waals surface area contributed by atoms with E-state index in [4.69, 9.17) is 5.11 Å². The molecule has 0 aliphatic carbocycles. The Kier molecular flexibility index (Phi) is 5.62. The first-order valence-electron chi connectivity index (χ1n) is 5.88. The molecule has 0 unspecified atom stereocenters. The van der Waals surface area contributed by atoms with E-state index < -0.39 is 5.41 Å². The highest BCUT2D eigenvalue weighted by Crippen LogP contribution is 2.18. The van der Waals surface area contributed by atoms with Crippen LogP contribution in [-0.4, -0.2) is 28.4 Å². The quantitative estimate of drug-likeness (QED) is 0.804. The van der Waals surface area contributed by atoms with E-state index in [1.54, 1.807) is 18.0 Å². The Labute approximate surface area is 112 Å². The third kappa shape index (κ3) is 5.06. The van der Waals surface area contributed by atoms with E-state index in [9.17, 15) is 4.79 Å². The number of carbonyl (C=O) groups is 1. The van der Waals surface area contributed by atoms with Gasteiger partial charge in [-0.1, -0.05) is 20.8 Å². The molecule has 5 heteroatoms. The number of hydrogen-bond acceptors (Lipinski definition) is 4. The third-order valence-corrected chi connectivity index (χ3v) is 3.26. The van der Waals surface area contributed by atoms with E-state index in [0.717, 1.165) is 11.3 Å². The number of anilines is 1. The van der Waals surface area contributed by atoms with Gasteiger partial charge in [0.1, 0.15) is 5.82 Å². The standard InChI is InChI=1S/C13H20N2O2S/c1-13(2,3)12(17)15-11-8-10(4-5-14-11)9-18-7-6-16/h4-5,8,16H,6-7,9H2,1-3H3,(H,14,15,17). The molecular weight excluding hydrogens is 248 g/mol. The van der Waals surface area contributed by atoms with Crippen LogP contribution in [0, 0.1) is 5.41 Å². The molecule has 1 aromatic heterocycles. The van der Waals surface area contributed by atoms with Gasteiger partial charge < -0.3 is 10.4 Å². The molecule has 18 heavy (non-hydrogen) atoms. The van der Waals surface area contributed by atoms with E-state index in [1.165, 1.54) is 0 Å². The molecule has 0 spiro atoms. The summed E-state index contributed by atoms with van der Waals surface area (Å²) in [6.45, 7) is 5.78. The lowest BCUT2D eigenvalue weighted by Gasteiger charge is -2.17. The van der Waals surface area contributed by atoms with Gasteiger partial charge in [-0.25, -0.2) is 4.98 Å². The molecule has 1 heterocycles. The van der Waals surface area contributed by atoms with Crippen molar-refractivity contribution < 1.29 is 9.90 Å². The van der Waals surface area contributed by atoms with Gasteiger partial charge in [0.15, 0.2) is 0 Å². The summed E-state index contributed by atoms with van der Waals surface area (Å²) in [4.78, 5) is 15.9. The molecule has 0 radical (unpaired) electrons. The van der Waals surface area contributed by atoms with Gasteiger partial charge in [0.25, 0.3) is 0 Å². The number of aromatic nitrogens is 1.